The smallest absolute Gasteiger partial charge is 0.189 e. The van der Waals surface area contributed by atoms with Crippen LogP contribution in [0.2, 0.25) is 5.02 Å². The summed E-state index contributed by atoms with van der Waals surface area (Å²) in [6.45, 7) is 2.13. The Morgan fingerprint density at radius 2 is 1.96 bits per heavy atom. The van der Waals surface area contributed by atoms with Gasteiger partial charge in [0.2, 0.25) is 0 Å². The highest BCUT2D eigenvalue weighted by Crippen LogP contribution is 2.55. The van der Waals surface area contributed by atoms with Crippen LogP contribution in [0.25, 0.3) is 0 Å². The van der Waals surface area contributed by atoms with Crippen LogP contribution < -0.4 is 0 Å². The minimum atomic E-state index is -1.65. The maximum Gasteiger partial charge on any atom is 0.189 e. The number of hydrogen-bond acceptors (Lipinski definition) is 4. The lowest BCUT2D eigenvalue weighted by Crippen LogP contribution is -2.49. The van der Waals surface area contributed by atoms with Gasteiger partial charge in [-0.1, -0.05) is 36.7 Å². The standard InChI is InChI=1S/C20H17ClN4/c1-12-5-6-15-16(7-12)18(13-3-2-4-14(21)8-13)20(10-23,11-24)19(25)17(15)9-22/h2-4,6,8,12,16-18,25H,5,7H2,1H3/t12-,16+,17?,18+/m1/s1. The molecule has 0 aromatic heterocycles. The number of fused-ring (bicyclic) bond motifs is 1. The average molecular weight is 349 g/mol. The third kappa shape index (κ3) is 2.53. The Morgan fingerprint density at radius 3 is 2.56 bits per heavy atom. The van der Waals surface area contributed by atoms with Crippen LogP contribution >= 0.6 is 11.6 Å². The zero-order chi connectivity index (χ0) is 18.2. The van der Waals surface area contributed by atoms with Crippen LogP contribution in [-0.4, -0.2) is 5.71 Å². The first kappa shape index (κ1) is 17.2. The molecule has 3 rings (SSSR count). The number of nitriles is 3. The summed E-state index contributed by atoms with van der Waals surface area (Å²) in [6.07, 6.45) is 3.68. The van der Waals surface area contributed by atoms with Crippen molar-refractivity contribution in [2.24, 2.45) is 23.2 Å². The van der Waals surface area contributed by atoms with Gasteiger partial charge in [-0.3, -0.25) is 0 Å². The molecule has 0 spiro atoms. The lowest BCUT2D eigenvalue weighted by atomic mass is 9.52. The summed E-state index contributed by atoms with van der Waals surface area (Å²) in [6, 6.07) is 13.5. The predicted molar refractivity (Wildman–Crippen MR) is 94.7 cm³/mol. The summed E-state index contributed by atoms with van der Waals surface area (Å²) in [5, 5.41) is 38.5. The van der Waals surface area contributed by atoms with E-state index in [2.05, 4.69) is 25.1 Å². The fraction of sp³-hybridized carbons (Fsp3) is 0.400. The predicted octanol–water partition coefficient (Wildman–Crippen LogP) is 4.60. The van der Waals surface area contributed by atoms with E-state index in [-0.39, 0.29) is 11.6 Å². The second-order valence-electron chi connectivity index (χ2n) is 6.93. The Labute approximate surface area is 152 Å². The molecular formula is C20H17ClN4. The molecule has 124 valence electrons. The van der Waals surface area contributed by atoms with Gasteiger partial charge in [-0.25, -0.2) is 0 Å². The summed E-state index contributed by atoms with van der Waals surface area (Å²) in [5.41, 5.74) is -0.0927. The van der Waals surface area contributed by atoms with Crippen molar-refractivity contribution in [3.8, 4) is 18.2 Å². The van der Waals surface area contributed by atoms with Crippen molar-refractivity contribution in [2.75, 3.05) is 0 Å². The Kier molecular flexibility index (Phi) is 4.38. The number of nitrogens with zero attached hydrogens (tertiary/aromatic N) is 3. The van der Waals surface area contributed by atoms with Crippen LogP contribution in [0, 0.1) is 62.6 Å². The van der Waals surface area contributed by atoms with E-state index in [4.69, 9.17) is 17.0 Å². The van der Waals surface area contributed by atoms with Gasteiger partial charge in [-0.05, 0) is 47.9 Å². The van der Waals surface area contributed by atoms with Crippen molar-refractivity contribution < 1.29 is 0 Å². The molecule has 4 atom stereocenters. The van der Waals surface area contributed by atoms with Gasteiger partial charge in [0.05, 0.1) is 23.9 Å². The van der Waals surface area contributed by atoms with Crippen molar-refractivity contribution in [3.63, 3.8) is 0 Å². The quantitative estimate of drug-likeness (QED) is 0.751. The van der Waals surface area contributed by atoms with Crippen LogP contribution in [0.15, 0.2) is 35.9 Å². The highest BCUT2D eigenvalue weighted by atomic mass is 35.5. The Bertz CT molecular complexity index is 866. The minimum absolute atomic E-state index is 0.109. The van der Waals surface area contributed by atoms with Crippen LogP contribution in [0.5, 0.6) is 0 Å². The molecule has 1 aromatic rings. The molecule has 25 heavy (non-hydrogen) atoms. The normalized spacial score (nSPS) is 30.2. The van der Waals surface area contributed by atoms with E-state index in [9.17, 15) is 15.8 Å². The molecule has 2 aliphatic rings. The van der Waals surface area contributed by atoms with Gasteiger partial charge >= 0.3 is 0 Å². The van der Waals surface area contributed by atoms with Crippen molar-refractivity contribution in [1.82, 2.24) is 0 Å². The van der Waals surface area contributed by atoms with Gasteiger partial charge in [0.1, 0.15) is 5.92 Å². The van der Waals surface area contributed by atoms with E-state index >= 15 is 0 Å². The number of allylic oxidation sites excluding steroid dienone is 2. The Balaban J connectivity index is 2.28. The number of hydrogen-bond donors (Lipinski definition) is 1. The van der Waals surface area contributed by atoms with Crippen molar-refractivity contribution >= 4 is 17.3 Å². The summed E-state index contributed by atoms with van der Waals surface area (Å²) in [5.74, 6) is -1.00. The largest absolute Gasteiger partial charge is 0.305 e. The van der Waals surface area contributed by atoms with Gasteiger partial charge in [-0.2, -0.15) is 15.8 Å². The molecule has 0 aliphatic heterocycles. The summed E-state index contributed by atoms with van der Waals surface area (Å²) in [4.78, 5) is 0. The number of benzene rings is 1. The summed E-state index contributed by atoms with van der Waals surface area (Å²) >= 11 is 6.15. The molecule has 0 amide bonds. The van der Waals surface area contributed by atoms with Crippen LogP contribution in [-0.2, 0) is 0 Å². The van der Waals surface area contributed by atoms with Crippen LogP contribution in [0.1, 0.15) is 31.2 Å². The molecule has 1 unspecified atom stereocenters. The monoisotopic (exact) mass is 348 g/mol. The molecule has 0 saturated heterocycles. The van der Waals surface area contributed by atoms with Crippen molar-refractivity contribution in [1.29, 1.82) is 21.2 Å². The van der Waals surface area contributed by atoms with Crippen molar-refractivity contribution in [2.45, 2.75) is 25.7 Å². The fourth-order valence-electron chi connectivity index (χ4n) is 4.28. The molecule has 4 nitrogen and oxygen atoms in total. The van der Waals surface area contributed by atoms with E-state index in [1.165, 1.54) is 0 Å². The summed E-state index contributed by atoms with van der Waals surface area (Å²) < 4.78 is 0. The molecule has 1 saturated carbocycles. The van der Waals surface area contributed by atoms with Crippen molar-refractivity contribution in [3.05, 3.63) is 46.5 Å². The molecule has 1 fully saturated rings. The molecule has 0 radical (unpaired) electrons. The SMILES string of the molecule is C[C@@H]1CC=C2C(C#N)C(=N)C(C#N)(C#N)[C@@H](c3cccc(Cl)c3)[C@H]2C1. The first-order valence-electron chi connectivity index (χ1n) is 8.25. The second-order valence-corrected chi connectivity index (χ2v) is 7.36. The van der Waals surface area contributed by atoms with Gasteiger partial charge in [0.25, 0.3) is 0 Å². The molecule has 0 heterocycles. The Morgan fingerprint density at radius 1 is 1.24 bits per heavy atom. The van der Waals surface area contributed by atoms with Gasteiger partial charge in [0.15, 0.2) is 5.41 Å². The minimum Gasteiger partial charge on any atom is -0.305 e. The molecule has 1 aromatic carbocycles. The highest BCUT2D eigenvalue weighted by molar-refractivity contribution is 6.30. The van der Waals surface area contributed by atoms with Gasteiger partial charge in [-0.15, -0.1) is 0 Å². The first-order valence-corrected chi connectivity index (χ1v) is 8.62. The number of halogens is 1. The van der Waals surface area contributed by atoms with Gasteiger partial charge in [0, 0.05) is 10.9 Å². The topological polar surface area (TPSA) is 95.2 Å². The zero-order valence-electron chi connectivity index (χ0n) is 13.8. The summed E-state index contributed by atoms with van der Waals surface area (Å²) in [7, 11) is 0. The van der Waals surface area contributed by atoms with Crippen LogP contribution in [0.4, 0.5) is 0 Å². The van der Waals surface area contributed by atoms with Gasteiger partial charge < -0.3 is 5.41 Å². The Hall–Kier alpha value is -2.61. The third-order valence-electron chi connectivity index (χ3n) is 5.45. The molecule has 2 aliphatic carbocycles. The molecule has 5 heteroatoms. The lowest BCUT2D eigenvalue weighted by Gasteiger charge is -2.46. The molecule has 1 N–H and O–H groups in total. The van der Waals surface area contributed by atoms with E-state index in [0.717, 1.165) is 24.0 Å². The number of rotatable bonds is 1. The number of nitrogens with one attached hydrogen (secondary N) is 1. The maximum absolute atomic E-state index is 9.91. The van der Waals surface area contributed by atoms with E-state index in [1.807, 2.05) is 12.1 Å². The van der Waals surface area contributed by atoms with E-state index in [1.54, 1.807) is 18.2 Å². The first-order chi connectivity index (χ1) is 12.0. The second kappa shape index (κ2) is 6.36. The molecule has 0 bridgehead atoms. The highest BCUT2D eigenvalue weighted by Gasteiger charge is 2.57. The zero-order valence-corrected chi connectivity index (χ0v) is 14.6. The third-order valence-corrected chi connectivity index (χ3v) is 5.68. The maximum atomic E-state index is 9.91. The van der Waals surface area contributed by atoms with Crippen LogP contribution in [0.3, 0.4) is 0 Å². The average Bonchev–Trinajstić information content (AvgIpc) is 2.61. The lowest BCUT2D eigenvalue weighted by molar-refractivity contribution is 0.283. The van der Waals surface area contributed by atoms with E-state index < -0.39 is 17.3 Å². The molecular weight excluding hydrogens is 332 g/mol. The fourth-order valence-corrected chi connectivity index (χ4v) is 4.48. The van der Waals surface area contributed by atoms with E-state index in [0.29, 0.717) is 10.9 Å².